The summed E-state index contributed by atoms with van der Waals surface area (Å²) in [6, 6.07) is 2.26. The van der Waals surface area contributed by atoms with Crippen LogP contribution in [0, 0.1) is 0 Å². The predicted molar refractivity (Wildman–Crippen MR) is 79.8 cm³/mol. The van der Waals surface area contributed by atoms with Gasteiger partial charge < -0.3 is 10.0 Å². The number of pyridine rings is 1. The van der Waals surface area contributed by atoms with Crippen LogP contribution in [0.1, 0.15) is 59.4 Å². The van der Waals surface area contributed by atoms with Gasteiger partial charge in [-0.15, -0.1) is 0 Å². The molecule has 1 N–H and O–H groups in total. The summed E-state index contributed by atoms with van der Waals surface area (Å²) in [7, 11) is 0. The number of carbonyl (C=O) groups is 2. The molecule has 1 aliphatic carbocycles. The first-order valence-corrected chi connectivity index (χ1v) is 7.85. The highest BCUT2D eigenvalue weighted by Gasteiger charge is 2.32. The third kappa shape index (κ3) is 4.94. The van der Waals surface area contributed by atoms with Gasteiger partial charge in [-0.3, -0.25) is 4.79 Å². The Bertz CT molecular complexity index is 581. The summed E-state index contributed by atoms with van der Waals surface area (Å²) in [5, 5.41) is 8.82. The molecule has 1 aromatic heterocycles. The molecule has 1 fully saturated rings. The van der Waals surface area contributed by atoms with Crippen LogP contribution in [-0.4, -0.2) is 45.6 Å². The number of hydrogen-bond donors (Lipinski definition) is 1. The molecule has 8 heteroatoms. The Morgan fingerprint density at radius 2 is 1.88 bits per heavy atom. The molecular formula is C16H19F3N2O3. The van der Waals surface area contributed by atoms with Gasteiger partial charge in [0.15, 0.2) is 0 Å². The van der Waals surface area contributed by atoms with Crippen molar-refractivity contribution in [3.63, 3.8) is 0 Å². The van der Waals surface area contributed by atoms with Gasteiger partial charge in [0.1, 0.15) is 5.69 Å². The van der Waals surface area contributed by atoms with E-state index < -0.39 is 31.0 Å². The first-order chi connectivity index (χ1) is 11.3. The van der Waals surface area contributed by atoms with E-state index >= 15 is 0 Å². The van der Waals surface area contributed by atoms with E-state index in [0.717, 1.165) is 25.5 Å². The van der Waals surface area contributed by atoms with E-state index in [9.17, 15) is 22.8 Å². The van der Waals surface area contributed by atoms with Gasteiger partial charge in [-0.2, -0.15) is 13.2 Å². The Balaban J connectivity index is 2.17. The van der Waals surface area contributed by atoms with Crippen LogP contribution in [0.5, 0.6) is 0 Å². The summed E-state index contributed by atoms with van der Waals surface area (Å²) in [5.41, 5.74) is -0.112. The largest absolute Gasteiger partial charge is 0.477 e. The van der Waals surface area contributed by atoms with Gasteiger partial charge in [0, 0.05) is 18.8 Å². The molecule has 0 bridgehead atoms. The smallest absolute Gasteiger partial charge is 0.390 e. The molecule has 1 amide bonds. The maximum absolute atomic E-state index is 12.6. The molecule has 24 heavy (non-hydrogen) atoms. The van der Waals surface area contributed by atoms with E-state index in [1.165, 1.54) is 17.0 Å². The predicted octanol–water partition coefficient (Wildman–Crippen LogP) is 3.51. The van der Waals surface area contributed by atoms with Gasteiger partial charge >= 0.3 is 12.1 Å². The SMILES string of the molecule is O=C(O)c1ccc(C(=O)N(CCC(F)(F)F)C2CCCCC2)cn1. The maximum atomic E-state index is 12.6. The summed E-state index contributed by atoms with van der Waals surface area (Å²) in [4.78, 5) is 28.3. The fraction of sp³-hybridized carbons (Fsp3) is 0.562. The summed E-state index contributed by atoms with van der Waals surface area (Å²) >= 11 is 0. The number of alkyl halides is 3. The third-order valence-corrected chi connectivity index (χ3v) is 4.14. The molecule has 0 aliphatic heterocycles. The first kappa shape index (κ1) is 18.2. The van der Waals surface area contributed by atoms with Gasteiger partial charge in [-0.05, 0) is 25.0 Å². The van der Waals surface area contributed by atoms with Crippen molar-refractivity contribution >= 4 is 11.9 Å². The highest BCUT2D eigenvalue weighted by molar-refractivity contribution is 5.95. The molecule has 0 radical (unpaired) electrons. The van der Waals surface area contributed by atoms with Crippen molar-refractivity contribution in [2.45, 2.75) is 50.7 Å². The van der Waals surface area contributed by atoms with E-state index in [2.05, 4.69) is 4.98 Å². The number of halogens is 3. The monoisotopic (exact) mass is 344 g/mol. The van der Waals surface area contributed by atoms with Crippen LogP contribution < -0.4 is 0 Å². The van der Waals surface area contributed by atoms with Gasteiger partial charge in [0.05, 0.1) is 12.0 Å². The van der Waals surface area contributed by atoms with E-state index in [1.807, 2.05) is 0 Å². The number of rotatable bonds is 5. The second-order valence-electron chi connectivity index (χ2n) is 5.89. The average Bonchev–Trinajstić information content (AvgIpc) is 2.55. The van der Waals surface area contributed by atoms with Crippen LogP contribution in [0.4, 0.5) is 13.2 Å². The maximum Gasteiger partial charge on any atom is 0.390 e. The molecule has 1 heterocycles. The molecule has 0 aromatic carbocycles. The van der Waals surface area contributed by atoms with Crippen LogP contribution >= 0.6 is 0 Å². The zero-order chi connectivity index (χ0) is 17.7. The summed E-state index contributed by atoms with van der Waals surface area (Å²) in [5.74, 6) is -1.76. The topological polar surface area (TPSA) is 70.5 Å². The van der Waals surface area contributed by atoms with Crippen LogP contribution in [0.25, 0.3) is 0 Å². The second kappa shape index (κ2) is 7.63. The molecule has 1 aromatic rings. The minimum absolute atomic E-state index is 0.104. The Labute approximate surface area is 137 Å². The number of aromatic nitrogens is 1. The normalized spacial score (nSPS) is 16.0. The van der Waals surface area contributed by atoms with Crippen molar-refractivity contribution < 1.29 is 27.9 Å². The van der Waals surface area contributed by atoms with Crippen molar-refractivity contribution in [1.82, 2.24) is 9.88 Å². The number of carboxylic acids is 1. The van der Waals surface area contributed by atoms with Crippen molar-refractivity contribution in [3.05, 3.63) is 29.6 Å². The van der Waals surface area contributed by atoms with E-state index in [0.29, 0.717) is 12.8 Å². The minimum Gasteiger partial charge on any atom is -0.477 e. The molecular weight excluding hydrogens is 325 g/mol. The zero-order valence-electron chi connectivity index (χ0n) is 13.1. The van der Waals surface area contributed by atoms with Crippen LogP contribution in [0.2, 0.25) is 0 Å². The van der Waals surface area contributed by atoms with Gasteiger partial charge in [0.2, 0.25) is 0 Å². The van der Waals surface area contributed by atoms with Gasteiger partial charge in [0.25, 0.3) is 5.91 Å². The molecule has 2 rings (SSSR count). The zero-order valence-corrected chi connectivity index (χ0v) is 13.1. The number of aromatic carboxylic acids is 1. The summed E-state index contributed by atoms with van der Waals surface area (Å²) < 4.78 is 37.7. The number of carboxylic acid groups (broad SMARTS) is 1. The van der Waals surface area contributed by atoms with Crippen molar-refractivity contribution in [1.29, 1.82) is 0 Å². The van der Waals surface area contributed by atoms with Crippen LogP contribution in [0.3, 0.4) is 0 Å². The van der Waals surface area contributed by atoms with E-state index in [-0.39, 0.29) is 17.3 Å². The Kier molecular flexibility index (Phi) is 5.80. The molecule has 0 spiro atoms. The molecule has 1 aliphatic rings. The lowest BCUT2D eigenvalue weighted by Crippen LogP contribution is -2.43. The summed E-state index contributed by atoms with van der Waals surface area (Å²) in [6.07, 6.45) is -0.127. The molecule has 1 saturated carbocycles. The van der Waals surface area contributed by atoms with Crippen molar-refractivity contribution in [2.75, 3.05) is 6.54 Å². The first-order valence-electron chi connectivity index (χ1n) is 7.85. The molecule has 132 valence electrons. The van der Waals surface area contributed by atoms with Gasteiger partial charge in [-0.25, -0.2) is 9.78 Å². The molecule has 0 saturated heterocycles. The average molecular weight is 344 g/mol. The lowest BCUT2D eigenvalue weighted by atomic mass is 9.93. The number of nitrogens with zero attached hydrogens (tertiary/aromatic N) is 2. The second-order valence-corrected chi connectivity index (χ2v) is 5.89. The lowest BCUT2D eigenvalue weighted by Gasteiger charge is -2.34. The van der Waals surface area contributed by atoms with Crippen molar-refractivity contribution in [2.24, 2.45) is 0 Å². The number of hydrogen-bond acceptors (Lipinski definition) is 3. The standard InChI is InChI=1S/C16H19F3N2O3/c17-16(18,19)8-9-21(12-4-2-1-3-5-12)14(22)11-6-7-13(15(23)24)20-10-11/h6-7,10,12H,1-5,8-9H2,(H,23,24). The van der Waals surface area contributed by atoms with Crippen LogP contribution in [-0.2, 0) is 0 Å². The molecule has 0 atom stereocenters. The Morgan fingerprint density at radius 1 is 1.21 bits per heavy atom. The highest BCUT2D eigenvalue weighted by Crippen LogP contribution is 2.27. The molecule has 0 unspecified atom stereocenters. The highest BCUT2D eigenvalue weighted by atomic mass is 19.4. The lowest BCUT2D eigenvalue weighted by molar-refractivity contribution is -0.137. The minimum atomic E-state index is -4.33. The number of amides is 1. The summed E-state index contributed by atoms with van der Waals surface area (Å²) in [6.45, 7) is -0.395. The van der Waals surface area contributed by atoms with E-state index in [1.54, 1.807) is 0 Å². The molecule has 5 nitrogen and oxygen atoms in total. The van der Waals surface area contributed by atoms with Gasteiger partial charge in [-0.1, -0.05) is 19.3 Å². The fourth-order valence-electron chi connectivity index (χ4n) is 2.90. The quantitative estimate of drug-likeness (QED) is 0.887. The Hall–Kier alpha value is -2.12. The Morgan fingerprint density at radius 3 is 2.38 bits per heavy atom. The number of carbonyl (C=O) groups excluding carboxylic acids is 1. The van der Waals surface area contributed by atoms with Crippen LogP contribution in [0.15, 0.2) is 18.3 Å². The van der Waals surface area contributed by atoms with E-state index in [4.69, 9.17) is 5.11 Å². The third-order valence-electron chi connectivity index (χ3n) is 4.14. The van der Waals surface area contributed by atoms with Crippen molar-refractivity contribution in [3.8, 4) is 0 Å². The fourth-order valence-corrected chi connectivity index (χ4v) is 2.90.